The number of benzene rings is 2. The first-order valence-corrected chi connectivity index (χ1v) is 10.7. The Morgan fingerprint density at radius 2 is 1.93 bits per heavy atom. The number of rotatable bonds is 6. The van der Waals surface area contributed by atoms with E-state index < -0.39 is 5.63 Å². The maximum Gasteiger partial charge on any atom is 0.336 e. The van der Waals surface area contributed by atoms with Crippen LogP contribution in [0.4, 0.5) is 0 Å². The number of hydrogen-bond acceptors (Lipinski definition) is 4. The van der Waals surface area contributed by atoms with Gasteiger partial charge in [-0.25, -0.2) is 4.79 Å². The van der Waals surface area contributed by atoms with E-state index in [0.29, 0.717) is 17.7 Å². The predicted octanol–water partition coefficient (Wildman–Crippen LogP) is 4.28. The summed E-state index contributed by atoms with van der Waals surface area (Å²) in [6.45, 7) is 4.55. The number of quaternary nitrogens is 1. The first kappa shape index (κ1) is 19.4. The van der Waals surface area contributed by atoms with Crippen LogP contribution in [-0.4, -0.2) is 5.11 Å². The van der Waals surface area contributed by atoms with Crippen LogP contribution in [0.25, 0.3) is 11.0 Å². The van der Waals surface area contributed by atoms with E-state index in [1.54, 1.807) is 30.4 Å². The lowest BCUT2D eigenvalue weighted by atomic mass is 10.0. The van der Waals surface area contributed by atoms with Gasteiger partial charge < -0.3 is 14.8 Å². The van der Waals surface area contributed by atoms with E-state index in [9.17, 15) is 9.90 Å². The van der Waals surface area contributed by atoms with E-state index >= 15 is 0 Å². The number of nitrogens with two attached hydrogens (primary N) is 1. The zero-order chi connectivity index (χ0) is 20.4. The van der Waals surface area contributed by atoms with Crippen LogP contribution in [0.1, 0.15) is 40.1 Å². The zero-order valence-electron chi connectivity index (χ0n) is 16.5. The number of aryl methyl sites for hydroxylation is 2. The average molecular weight is 407 g/mol. The molecule has 0 saturated heterocycles. The highest BCUT2D eigenvalue weighted by atomic mass is 32.1. The molecule has 0 fully saturated rings. The van der Waals surface area contributed by atoms with E-state index in [0.717, 1.165) is 17.4 Å². The van der Waals surface area contributed by atoms with Crippen molar-refractivity contribution in [1.82, 2.24) is 0 Å². The summed E-state index contributed by atoms with van der Waals surface area (Å²) >= 11 is 1.74. The third-order valence-electron chi connectivity index (χ3n) is 5.39. The van der Waals surface area contributed by atoms with Crippen molar-refractivity contribution < 1.29 is 14.8 Å². The van der Waals surface area contributed by atoms with Gasteiger partial charge in [0, 0.05) is 28.1 Å². The fourth-order valence-electron chi connectivity index (χ4n) is 3.67. The average Bonchev–Trinajstić information content (AvgIpc) is 3.26. The quantitative estimate of drug-likeness (QED) is 0.470. The second-order valence-electron chi connectivity index (χ2n) is 7.21. The summed E-state index contributed by atoms with van der Waals surface area (Å²) in [5.41, 5.74) is 4.12. The van der Waals surface area contributed by atoms with Crippen LogP contribution in [0.2, 0.25) is 0 Å². The van der Waals surface area contributed by atoms with Crippen molar-refractivity contribution in [3.8, 4) is 5.75 Å². The fraction of sp³-hybridized carbons (Fsp3) is 0.208. The van der Waals surface area contributed by atoms with Crippen LogP contribution in [0.15, 0.2) is 69.2 Å². The highest BCUT2D eigenvalue weighted by Gasteiger charge is 2.20. The summed E-state index contributed by atoms with van der Waals surface area (Å²) < 4.78 is 5.38. The zero-order valence-corrected chi connectivity index (χ0v) is 17.3. The molecule has 0 bridgehead atoms. The molecule has 148 valence electrons. The van der Waals surface area contributed by atoms with Crippen molar-refractivity contribution in [2.45, 2.75) is 32.9 Å². The third kappa shape index (κ3) is 3.97. The predicted molar refractivity (Wildman–Crippen MR) is 116 cm³/mol. The molecular formula is C24H24NO3S+. The van der Waals surface area contributed by atoms with Gasteiger partial charge in [0.15, 0.2) is 0 Å². The normalized spacial score (nSPS) is 12.3. The monoisotopic (exact) mass is 406 g/mol. The number of phenolic OH excluding ortho intramolecular Hbond substituents is 1. The Hall–Kier alpha value is -2.89. The third-order valence-corrected chi connectivity index (χ3v) is 6.34. The van der Waals surface area contributed by atoms with E-state index in [-0.39, 0.29) is 11.8 Å². The van der Waals surface area contributed by atoms with Crippen LogP contribution in [0, 0.1) is 6.92 Å². The molecule has 29 heavy (non-hydrogen) atoms. The Bertz CT molecular complexity index is 1180. The molecule has 2 aromatic heterocycles. The maximum absolute atomic E-state index is 12.1. The molecule has 2 aromatic carbocycles. The van der Waals surface area contributed by atoms with Gasteiger partial charge in [-0.2, -0.15) is 0 Å². The van der Waals surface area contributed by atoms with E-state index in [1.807, 2.05) is 6.07 Å². The second-order valence-corrected chi connectivity index (χ2v) is 8.18. The van der Waals surface area contributed by atoms with Crippen LogP contribution in [0.3, 0.4) is 0 Å². The summed E-state index contributed by atoms with van der Waals surface area (Å²) in [6, 6.07) is 18.2. The largest absolute Gasteiger partial charge is 0.508 e. The van der Waals surface area contributed by atoms with Crippen LogP contribution < -0.4 is 10.9 Å². The van der Waals surface area contributed by atoms with Crippen molar-refractivity contribution in [2.75, 3.05) is 0 Å². The second kappa shape index (κ2) is 8.23. The SMILES string of the molecule is CCc1ccc([C@@H]([NH2+]Cc2cc(=O)oc3c(C)c(O)ccc23)c2cccs2)cc1. The number of aromatic hydroxyl groups is 1. The molecule has 4 aromatic rings. The van der Waals surface area contributed by atoms with Crippen LogP contribution in [-0.2, 0) is 13.0 Å². The molecule has 0 amide bonds. The van der Waals surface area contributed by atoms with Crippen molar-refractivity contribution >= 4 is 22.3 Å². The van der Waals surface area contributed by atoms with E-state index in [1.165, 1.54) is 16.0 Å². The highest BCUT2D eigenvalue weighted by Crippen LogP contribution is 2.28. The van der Waals surface area contributed by atoms with Crippen molar-refractivity contribution in [3.63, 3.8) is 0 Å². The molecule has 4 nitrogen and oxygen atoms in total. The Kier molecular flexibility index (Phi) is 5.51. The maximum atomic E-state index is 12.1. The van der Waals surface area contributed by atoms with Gasteiger partial charge in [0.1, 0.15) is 23.9 Å². The molecule has 0 aliphatic rings. The summed E-state index contributed by atoms with van der Waals surface area (Å²) in [6.07, 6.45) is 1.02. The van der Waals surface area contributed by atoms with Gasteiger partial charge in [0.25, 0.3) is 0 Å². The number of phenols is 1. The molecule has 5 heteroatoms. The van der Waals surface area contributed by atoms with Gasteiger partial charge in [-0.3, -0.25) is 0 Å². The molecule has 0 saturated carbocycles. The molecule has 0 aliphatic carbocycles. The Balaban J connectivity index is 1.69. The summed E-state index contributed by atoms with van der Waals surface area (Å²) in [5, 5.41) is 15.2. The number of fused-ring (bicyclic) bond motifs is 1. The van der Waals surface area contributed by atoms with Crippen molar-refractivity contribution in [1.29, 1.82) is 0 Å². The summed E-state index contributed by atoms with van der Waals surface area (Å²) in [7, 11) is 0. The lowest BCUT2D eigenvalue weighted by molar-refractivity contribution is -0.701. The smallest absolute Gasteiger partial charge is 0.336 e. The lowest BCUT2D eigenvalue weighted by Crippen LogP contribution is -2.83. The lowest BCUT2D eigenvalue weighted by Gasteiger charge is -2.16. The minimum atomic E-state index is -0.394. The van der Waals surface area contributed by atoms with Gasteiger partial charge in [-0.15, -0.1) is 11.3 Å². The van der Waals surface area contributed by atoms with Crippen LogP contribution >= 0.6 is 11.3 Å². The molecule has 0 aliphatic heterocycles. The van der Waals surface area contributed by atoms with Crippen molar-refractivity contribution in [2.24, 2.45) is 0 Å². The molecular weight excluding hydrogens is 382 g/mol. The molecule has 0 spiro atoms. The molecule has 0 radical (unpaired) electrons. The fourth-order valence-corrected chi connectivity index (χ4v) is 4.53. The van der Waals surface area contributed by atoms with Gasteiger partial charge >= 0.3 is 5.63 Å². The molecule has 1 atom stereocenters. The summed E-state index contributed by atoms with van der Waals surface area (Å²) in [4.78, 5) is 13.4. The van der Waals surface area contributed by atoms with Gasteiger partial charge in [-0.05, 0) is 42.5 Å². The first-order valence-electron chi connectivity index (χ1n) is 9.77. The highest BCUT2D eigenvalue weighted by molar-refractivity contribution is 7.10. The topological polar surface area (TPSA) is 67.0 Å². The first-order chi connectivity index (χ1) is 14.1. The Morgan fingerprint density at radius 3 is 2.62 bits per heavy atom. The van der Waals surface area contributed by atoms with E-state index in [2.05, 4.69) is 54.0 Å². The van der Waals surface area contributed by atoms with Gasteiger partial charge in [-0.1, -0.05) is 37.3 Å². The summed E-state index contributed by atoms with van der Waals surface area (Å²) in [5.74, 6) is 0.134. The Labute approximate surface area is 173 Å². The minimum Gasteiger partial charge on any atom is -0.508 e. The van der Waals surface area contributed by atoms with Gasteiger partial charge in [0.2, 0.25) is 0 Å². The molecule has 0 unspecified atom stereocenters. The number of thiophene rings is 1. The minimum absolute atomic E-state index is 0.134. The number of hydrogen-bond donors (Lipinski definition) is 2. The van der Waals surface area contributed by atoms with Crippen molar-refractivity contribution in [3.05, 3.63) is 97.5 Å². The molecule has 3 N–H and O–H groups in total. The molecule has 2 heterocycles. The van der Waals surface area contributed by atoms with Crippen LogP contribution in [0.5, 0.6) is 5.75 Å². The van der Waals surface area contributed by atoms with E-state index in [4.69, 9.17) is 4.42 Å². The molecule has 4 rings (SSSR count). The Morgan fingerprint density at radius 1 is 1.14 bits per heavy atom. The van der Waals surface area contributed by atoms with Gasteiger partial charge in [0.05, 0.1) is 4.88 Å². The standard InChI is InChI=1S/C24H23NO3S/c1-3-16-6-8-17(9-7-16)23(21-5-4-12-29-21)25-14-18-13-22(27)28-24-15(2)20(26)11-10-19(18)24/h4-13,23,25-26H,3,14H2,1-2H3/p+1/t23-/m1/s1.